The molecule has 0 bridgehead atoms. The van der Waals surface area contributed by atoms with Crippen LogP contribution in [0.1, 0.15) is 13.8 Å². The maximum Gasteiger partial charge on any atom is 0.415 e. The largest absolute Gasteiger partial charge is 0.450 e. The molecule has 0 unspecified atom stereocenters. The van der Waals surface area contributed by atoms with Crippen LogP contribution in [-0.2, 0) is 4.74 Å². The maximum absolute atomic E-state index is 10.6. The summed E-state index contributed by atoms with van der Waals surface area (Å²) in [7, 11) is 0. The van der Waals surface area contributed by atoms with Crippen LogP contribution in [0.4, 0.5) is 9.59 Å². The van der Waals surface area contributed by atoms with E-state index in [1.807, 2.05) is 5.32 Å². The fourth-order valence-electron chi connectivity index (χ4n) is 0.465. The van der Waals surface area contributed by atoms with Gasteiger partial charge in [-0.2, -0.15) is 0 Å². The molecule has 11 heavy (non-hydrogen) atoms. The van der Waals surface area contributed by atoms with Crippen molar-refractivity contribution in [3.05, 3.63) is 0 Å². The number of imide groups is 1. The molecule has 0 rings (SSSR count). The van der Waals surface area contributed by atoms with Crippen LogP contribution in [0.25, 0.3) is 0 Å². The lowest BCUT2D eigenvalue weighted by Crippen LogP contribution is -2.39. The summed E-state index contributed by atoms with van der Waals surface area (Å²) in [6.45, 7) is 4.15. The summed E-state index contributed by atoms with van der Waals surface area (Å²) in [4.78, 5) is 21.1. The standard InChI is InChI=1S/C6H12N2O3/c1-3-7-5(9)8-6(10)11-4-2/h3-4H2,1-2H3,(H2,7,8,9,10). The van der Waals surface area contributed by atoms with Crippen molar-refractivity contribution in [2.24, 2.45) is 0 Å². The molecule has 0 aliphatic carbocycles. The van der Waals surface area contributed by atoms with Crippen molar-refractivity contribution in [1.29, 1.82) is 0 Å². The average Bonchev–Trinajstić information content (AvgIpc) is 1.87. The van der Waals surface area contributed by atoms with E-state index in [1.165, 1.54) is 0 Å². The van der Waals surface area contributed by atoms with E-state index in [1.54, 1.807) is 13.8 Å². The lowest BCUT2D eigenvalue weighted by atomic mass is 10.7. The normalized spacial score (nSPS) is 8.55. The molecule has 0 atom stereocenters. The molecule has 0 spiro atoms. The van der Waals surface area contributed by atoms with E-state index < -0.39 is 12.1 Å². The number of nitrogens with one attached hydrogen (secondary N) is 2. The third kappa shape index (κ3) is 5.20. The highest BCUT2D eigenvalue weighted by Crippen LogP contribution is 1.75. The minimum atomic E-state index is -0.724. The highest BCUT2D eigenvalue weighted by Gasteiger charge is 2.04. The van der Waals surface area contributed by atoms with E-state index in [4.69, 9.17) is 0 Å². The Labute approximate surface area is 65.1 Å². The van der Waals surface area contributed by atoms with E-state index in [-0.39, 0.29) is 6.61 Å². The zero-order chi connectivity index (χ0) is 8.69. The number of alkyl carbamates (subject to hydrolysis) is 1. The molecule has 0 radical (unpaired) electrons. The Morgan fingerprint density at radius 1 is 1.36 bits per heavy atom. The summed E-state index contributed by atoms with van der Waals surface area (Å²) >= 11 is 0. The average molecular weight is 160 g/mol. The van der Waals surface area contributed by atoms with Crippen molar-refractivity contribution in [2.45, 2.75) is 13.8 Å². The van der Waals surface area contributed by atoms with Crippen LogP contribution < -0.4 is 10.6 Å². The Hall–Kier alpha value is -1.26. The quantitative estimate of drug-likeness (QED) is 0.616. The number of amides is 3. The molecule has 0 fully saturated rings. The molecule has 0 heterocycles. The Morgan fingerprint density at radius 3 is 2.45 bits per heavy atom. The SMILES string of the molecule is CCNC(=O)NC(=O)OCC. The molecule has 2 N–H and O–H groups in total. The molecule has 3 amide bonds. The minimum Gasteiger partial charge on any atom is -0.450 e. The van der Waals surface area contributed by atoms with Gasteiger partial charge < -0.3 is 10.1 Å². The predicted molar refractivity (Wildman–Crippen MR) is 39.2 cm³/mol. The van der Waals surface area contributed by atoms with Gasteiger partial charge in [0.05, 0.1) is 6.61 Å². The van der Waals surface area contributed by atoms with Crippen molar-refractivity contribution in [1.82, 2.24) is 10.6 Å². The van der Waals surface area contributed by atoms with E-state index in [2.05, 4.69) is 10.1 Å². The van der Waals surface area contributed by atoms with Crippen molar-refractivity contribution >= 4 is 12.1 Å². The first kappa shape index (κ1) is 9.74. The third-order valence-corrected chi connectivity index (χ3v) is 0.828. The smallest absolute Gasteiger partial charge is 0.415 e. The summed E-state index contributed by atoms with van der Waals surface area (Å²) in [5.74, 6) is 0. The van der Waals surface area contributed by atoms with Crippen LogP contribution in [-0.4, -0.2) is 25.3 Å². The van der Waals surface area contributed by atoms with Crippen molar-refractivity contribution in [3.8, 4) is 0 Å². The van der Waals surface area contributed by atoms with Gasteiger partial charge in [-0.3, -0.25) is 0 Å². The summed E-state index contributed by atoms with van der Waals surface area (Å²) in [6.07, 6.45) is -0.724. The molecule has 0 aliphatic heterocycles. The second-order valence-corrected chi connectivity index (χ2v) is 1.70. The van der Waals surface area contributed by atoms with Gasteiger partial charge in [0.1, 0.15) is 0 Å². The van der Waals surface area contributed by atoms with E-state index in [0.29, 0.717) is 6.54 Å². The summed E-state index contributed by atoms with van der Waals surface area (Å²) in [5.41, 5.74) is 0. The van der Waals surface area contributed by atoms with Gasteiger partial charge in [-0.25, -0.2) is 14.9 Å². The van der Waals surface area contributed by atoms with E-state index in [0.717, 1.165) is 0 Å². The summed E-state index contributed by atoms with van der Waals surface area (Å²) < 4.78 is 4.45. The predicted octanol–water partition coefficient (Wildman–Crippen LogP) is 0.462. The first-order valence-corrected chi connectivity index (χ1v) is 3.42. The Morgan fingerprint density at radius 2 is 2.00 bits per heavy atom. The van der Waals surface area contributed by atoms with Gasteiger partial charge in [0.25, 0.3) is 0 Å². The number of hydrogen-bond donors (Lipinski definition) is 2. The van der Waals surface area contributed by atoms with Crippen LogP contribution in [0.3, 0.4) is 0 Å². The third-order valence-electron chi connectivity index (χ3n) is 0.828. The number of hydrogen-bond acceptors (Lipinski definition) is 3. The molecule has 5 heteroatoms. The van der Waals surface area contributed by atoms with Gasteiger partial charge in [0, 0.05) is 6.54 Å². The zero-order valence-corrected chi connectivity index (χ0v) is 6.64. The van der Waals surface area contributed by atoms with Gasteiger partial charge in [-0.1, -0.05) is 0 Å². The second kappa shape index (κ2) is 5.52. The fourth-order valence-corrected chi connectivity index (χ4v) is 0.465. The van der Waals surface area contributed by atoms with Crippen LogP contribution in [0.2, 0.25) is 0 Å². The van der Waals surface area contributed by atoms with Gasteiger partial charge in [-0.05, 0) is 13.8 Å². The Balaban J connectivity index is 3.49. The lowest BCUT2D eigenvalue weighted by Gasteiger charge is -2.03. The Kier molecular flexibility index (Phi) is 4.89. The second-order valence-electron chi connectivity index (χ2n) is 1.70. The molecule has 0 aromatic heterocycles. The van der Waals surface area contributed by atoms with Crippen LogP contribution in [0.15, 0.2) is 0 Å². The first-order valence-electron chi connectivity index (χ1n) is 3.42. The molecule has 0 aromatic rings. The van der Waals surface area contributed by atoms with Crippen LogP contribution >= 0.6 is 0 Å². The molecular weight excluding hydrogens is 148 g/mol. The molecular formula is C6H12N2O3. The van der Waals surface area contributed by atoms with Crippen molar-refractivity contribution in [2.75, 3.05) is 13.2 Å². The Bertz CT molecular complexity index is 131. The minimum absolute atomic E-state index is 0.255. The highest BCUT2D eigenvalue weighted by molar-refractivity contribution is 5.90. The summed E-state index contributed by atoms with van der Waals surface area (Å²) in [6, 6.07) is -0.536. The summed E-state index contributed by atoms with van der Waals surface area (Å²) in [5, 5.41) is 4.35. The van der Waals surface area contributed by atoms with Crippen molar-refractivity contribution in [3.63, 3.8) is 0 Å². The molecule has 0 saturated carbocycles. The van der Waals surface area contributed by atoms with Crippen LogP contribution in [0, 0.1) is 0 Å². The van der Waals surface area contributed by atoms with E-state index >= 15 is 0 Å². The fraction of sp³-hybridized carbons (Fsp3) is 0.667. The molecule has 64 valence electrons. The van der Waals surface area contributed by atoms with Gasteiger partial charge in [-0.15, -0.1) is 0 Å². The number of ether oxygens (including phenoxy) is 1. The zero-order valence-electron chi connectivity index (χ0n) is 6.64. The number of carbonyl (C=O) groups excluding carboxylic acids is 2. The molecule has 0 aliphatic rings. The molecule has 0 aromatic carbocycles. The monoisotopic (exact) mass is 160 g/mol. The van der Waals surface area contributed by atoms with Crippen LogP contribution in [0.5, 0.6) is 0 Å². The van der Waals surface area contributed by atoms with Gasteiger partial charge in [0.2, 0.25) is 0 Å². The first-order chi connectivity index (χ1) is 5.20. The lowest BCUT2D eigenvalue weighted by molar-refractivity contribution is 0.153. The van der Waals surface area contributed by atoms with Gasteiger partial charge in [0.15, 0.2) is 0 Å². The molecule has 5 nitrogen and oxygen atoms in total. The van der Waals surface area contributed by atoms with E-state index in [9.17, 15) is 9.59 Å². The number of urea groups is 1. The molecule has 0 saturated heterocycles. The topological polar surface area (TPSA) is 67.4 Å². The highest BCUT2D eigenvalue weighted by atomic mass is 16.5. The number of carbonyl (C=O) groups is 2. The maximum atomic E-state index is 10.6. The van der Waals surface area contributed by atoms with Crippen molar-refractivity contribution < 1.29 is 14.3 Å². The van der Waals surface area contributed by atoms with Gasteiger partial charge >= 0.3 is 12.1 Å². The number of rotatable bonds is 2.